The van der Waals surface area contributed by atoms with Gasteiger partial charge in [-0.2, -0.15) is 0 Å². The van der Waals surface area contributed by atoms with E-state index in [4.69, 9.17) is 0 Å². The molecule has 2 rings (SSSR count). The van der Waals surface area contributed by atoms with Gasteiger partial charge in [0.05, 0.1) is 0 Å². The van der Waals surface area contributed by atoms with Crippen molar-refractivity contribution in [2.24, 2.45) is 0 Å². The van der Waals surface area contributed by atoms with E-state index in [1.807, 2.05) is 18.6 Å². The minimum Gasteiger partial charge on any atom is -0.261 e. The second kappa shape index (κ2) is 7.48. The molecule has 0 aliphatic carbocycles. The molecule has 0 saturated carbocycles. The highest BCUT2D eigenvalue weighted by molar-refractivity contribution is 5.16. The molecule has 0 saturated heterocycles. The van der Waals surface area contributed by atoms with Crippen molar-refractivity contribution >= 4 is 0 Å². The van der Waals surface area contributed by atoms with Gasteiger partial charge in [0.1, 0.15) is 5.82 Å². The van der Waals surface area contributed by atoms with E-state index in [0.717, 1.165) is 18.7 Å². The highest BCUT2D eigenvalue weighted by atomic mass is 14.9. The van der Waals surface area contributed by atoms with Crippen molar-refractivity contribution in [3.8, 4) is 0 Å². The summed E-state index contributed by atoms with van der Waals surface area (Å²) < 4.78 is 0. The minimum atomic E-state index is 0.386. The number of hydrogen-bond acceptors (Lipinski definition) is 3. The maximum absolute atomic E-state index is 4.54. The standard InChI is InChI=1S/C19H27N3/c1-13(2)19-21-11-17(12-22-19)15(4)7-8-16(5)18-9-6-14(3)10-20-18/h6,9-13,15-16H,7-8H2,1-5H3. The molecule has 2 heterocycles. The zero-order valence-electron chi connectivity index (χ0n) is 14.4. The molecule has 0 N–H and O–H groups in total. The maximum Gasteiger partial charge on any atom is 0.130 e. The predicted octanol–water partition coefficient (Wildman–Crippen LogP) is 4.99. The van der Waals surface area contributed by atoms with E-state index in [1.165, 1.54) is 16.8 Å². The smallest absolute Gasteiger partial charge is 0.130 e. The molecular weight excluding hydrogens is 270 g/mol. The van der Waals surface area contributed by atoms with Crippen LogP contribution in [-0.2, 0) is 0 Å². The van der Waals surface area contributed by atoms with Gasteiger partial charge < -0.3 is 0 Å². The first kappa shape index (κ1) is 16.6. The van der Waals surface area contributed by atoms with Crippen molar-refractivity contribution in [1.29, 1.82) is 0 Å². The van der Waals surface area contributed by atoms with Crippen LogP contribution >= 0.6 is 0 Å². The van der Waals surface area contributed by atoms with Crippen molar-refractivity contribution in [2.45, 2.75) is 65.2 Å². The molecule has 0 aliphatic heterocycles. The molecule has 0 amide bonds. The van der Waals surface area contributed by atoms with Gasteiger partial charge in [-0.15, -0.1) is 0 Å². The van der Waals surface area contributed by atoms with Gasteiger partial charge in [-0.25, -0.2) is 9.97 Å². The van der Waals surface area contributed by atoms with Gasteiger partial charge in [-0.1, -0.05) is 33.8 Å². The van der Waals surface area contributed by atoms with E-state index in [9.17, 15) is 0 Å². The summed E-state index contributed by atoms with van der Waals surface area (Å²) in [4.78, 5) is 13.5. The summed E-state index contributed by atoms with van der Waals surface area (Å²) in [7, 11) is 0. The normalized spacial score (nSPS) is 14.1. The fourth-order valence-corrected chi connectivity index (χ4v) is 2.49. The zero-order valence-corrected chi connectivity index (χ0v) is 14.4. The lowest BCUT2D eigenvalue weighted by atomic mass is 9.92. The molecule has 0 aromatic carbocycles. The number of nitrogens with zero attached hydrogens (tertiary/aromatic N) is 3. The Kier molecular flexibility index (Phi) is 5.64. The Labute approximate surface area is 134 Å². The number of pyridine rings is 1. The van der Waals surface area contributed by atoms with Crippen LogP contribution in [0.25, 0.3) is 0 Å². The molecule has 0 fully saturated rings. The average Bonchev–Trinajstić information content (AvgIpc) is 2.53. The lowest BCUT2D eigenvalue weighted by Gasteiger charge is -2.16. The molecule has 0 radical (unpaired) electrons. The molecule has 0 aliphatic rings. The molecule has 3 nitrogen and oxygen atoms in total. The second-order valence-electron chi connectivity index (χ2n) is 6.67. The summed E-state index contributed by atoms with van der Waals surface area (Å²) in [5.74, 6) is 2.28. The molecule has 2 atom stereocenters. The quantitative estimate of drug-likeness (QED) is 0.754. The van der Waals surface area contributed by atoms with Crippen LogP contribution in [0.3, 0.4) is 0 Å². The molecular formula is C19H27N3. The van der Waals surface area contributed by atoms with Gasteiger partial charge in [0.2, 0.25) is 0 Å². The molecule has 22 heavy (non-hydrogen) atoms. The van der Waals surface area contributed by atoms with Crippen molar-refractivity contribution < 1.29 is 0 Å². The van der Waals surface area contributed by atoms with Crippen LogP contribution < -0.4 is 0 Å². The first-order chi connectivity index (χ1) is 10.5. The zero-order chi connectivity index (χ0) is 16.1. The van der Waals surface area contributed by atoms with E-state index >= 15 is 0 Å². The third-order valence-corrected chi connectivity index (χ3v) is 4.25. The van der Waals surface area contributed by atoms with Crippen molar-refractivity contribution in [2.75, 3.05) is 0 Å². The van der Waals surface area contributed by atoms with Crippen molar-refractivity contribution in [3.63, 3.8) is 0 Å². The van der Waals surface area contributed by atoms with Crippen molar-refractivity contribution in [3.05, 3.63) is 53.4 Å². The molecule has 2 aromatic heterocycles. The Balaban J connectivity index is 1.91. The monoisotopic (exact) mass is 297 g/mol. The van der Waals surface area contributed by atoms with E-state index < -0.39 is 0 Å². The summed E-state index contributed by atoms with van der Waals surface area (Å²) >= 11 is 0. The summed E-state index contributed by atoms with van der Waals surface area (Å²) in [6.07, 6.45) is 8.18. The lowest BCUT2D eigenvalue weighted by molar-refractivity contribution is 0.562. The third-order valence-electron chi connectivity index (χ3n) is 4.25. The van der Waals surface area contributed by atoms with Gasteiger partial charge in [-0.05, 0) is 48.8 Å². The fourth-order valence-electron chi connectivity index (χ4n) is 2.49. The Morgan fingerprint density at radius 2 is 1.45 bits per heavy atom. The molecule has 3 heteroatoms. The van der Waals surface area contributed by atoms with Gasteiger partial charge in [0, 0.05) is 30.2 Å². The predicted molar refractivity (Wildman–Crippen MR) is 91.2 cm³/mol. The molecule has 0 spiro atoms. The topological polar surface area (TPSA) is 38.7 Å². The van der Waals surface area contributed by atoms with Crippen LogP contribution in [-0.4, -0.2) is 15.0 Å². The van der Waals surface area contributed by atoms with Crippen LogP contribution in [0.2, 0.25) is 0 Å². The summed E-state index contributed by atoms with van der Waals surface area (Å²) in [5.41, 5.74) is 3.63. The van der Waals surface area contributed by atoms with Crippen LogP contribution in [0.5, 0.6) is 0 Å². The van der Waals surface area contributed by atoms with E-state index in [1.54, 1.807) is 0 Å². The Morgan fingerprint density at radius 1 is 0.818 bits per heavy atom. The summed E-state index contributed by atoms with van der Waals surface area (Å²) in [6, 6.07) is 4.28. The van der Waals surface area contributed by atoms with Crippen LogP contribution in [0.4, 0.5) is 0 Å². The van der Waals surface area contributed by atoms with Gasteiger partial charge in [-0.3, -0.25) is 4.98 Å². The highest BCUT2D eigenvalue weighted by Gasteiger charge is 2.12. The lowest BCUT2D eigenvalue weighted by Crippen LogP contribution is -2.03. The average molecular weight is 297 g/mol. The minimum absolute atomic E-state index is 0.386. The van der Waals surface area contributed by atoms with Gasteiger partial charge in [0.25, 0.3) is 0 Å². The fraction of sp³-hybridized carbons (Fsp3) is 0.526. The first-order valence-electron chi connectivity index (χ1n) is 8.21. The largest absolute Gasteiger partial charge is 0.261 e. The van der Waals surface area contributed by atoms with Crippen molar-refractivity contribution in [1.82, 2.24) is 15.0 Å². The Bertz CT molecular complexity index is 573. The molecule has 2 aromatic rings. The van der Waals surface area contributed by atoms with E-state index in [0.29, 0.717) is 17.8 Å². The van der Waals surface area contributed by atoms with E-state index in [2.05, 4.69) is 61.7 Å². The van der Waals surface area contributed by atoms with Crippen LogP contribution in [0, 0.1) is 6.92 Å². The SMILES string of the molecule is Cc1ccc(C(C)CCC(C)c2cnc(C(C)C)nc2)nc1. The third kappa shape index (κ3) is 4.36. The number of rotatable bonds is 6. The second-order valence-corrected chi connectivity index (χ2v) is 6.67. The summed E-state index contributed by atoms with van der Waals surface area (Å²) in [6.45, 7) is 10.8. The van der Waals surface area contributed by atoms with Crippen LogP contribution in [0.1, 0.15) is 80.9 Å². The molecule has 0 bridgehead atoms. The van der Waals surface area contributed by atoms with Crippen LogP contribution in [0.15, 0.2) is 30.7 Å². The number of hydrogen-bond donors (Lipinski definition) is 0. The highest BCUT2D eigenvalue weighted by Crippen LogP contribution is 2.26. The maximum atomic E-state index is 4.54. The number of aromatic nitrogens is 3. The van der Waals surface area contributed by atoms with Gasteiger partial charge >= 0.3 is 0 Å². The number of aryl methyl sites for hydroxylation is 1. The Morgan fingerprint density at radius 3 is 2.00 bits per heavy atom. The molecule has 118 valence electrons. The molecule has 2 unspecified atom stereocenters. The van der Waals surface area contributed by atoms with Gasteiger partial charge in [0.15, 0.2) is 0 Å². The van der Waals surface area contributed by atoms with E-state index in [-0.39, 0.29) is 0 Å². The summed E-state index contributed by atoms with van der Waals surface area (Å²) in [5, 5.41) is 0. The first-order valence-corrected chi connectivity index (χ1v) is 8.21. The Hall–Kier alpha value is -1.77.